The zero-order valence-corrected chi connectivity index (χ0v) is 11.3. The van der Waals surface area contributed by atoms with E-state index in [9.17, 15) is 8.78 Å². The molecule has 1 atom stereocenters. The van der Waals surface area contributed by atoms with Crippen molar-refractivity contribution in [3.63, 3.8) is 0 Å². The number of benzene rings is 2. The highest BCUT2D eigenvalue weighted by atomic mass is 19.1. The van der Waals surface area contributed by atoms with Crippen LogP contribution >= 0.6 is 0 Å². The van der Waals surface area contributed by atoms with Gasteiger partial charge < -0.3 is 10.5 Å². The summed E-state index contributed by atoms with van der Waals surface area (Å²) >= 11 is 0. The molecule has 0 aliphatic heterocycles. The second kappa shape index (κ2) is 6.48. The van der Waals surface area contributed by atoms with Gasteiger partial charge >= 0.3 is 0 Å². The molecule has 20 heavy (non-hydrogen) atoms. The van der Waals surface area contributed by atoms with Gasteiger partial charge in [-0.1, -0.05) is 18.2 Å². The zero-order chi connectivity index (χ0) is 14.5. The van der Waals surface area contributed by atoms with Gasteiger partial charge in [-0.3, -0.25) is 0 Å². The van der Waals surface area contributed by atoms with E-state index in [1.54, 1.807) is 0 Å². The normalized spacial score (nSPS) is 12.2. The van der Waals surface area contributed by atoms with Crippen molar-refractivity contribution in [3.8, 4) is 5.75 Å². The van der Waals surface area contributed by atoms with E-state index in [1.807, 2.05) is 31.2 Å². The van der Waals surface area contributed by atoms with Crippen molar-refractivity contribution >= 4 is 0 Å². The van der Waals surface area contributed by atoms with E-state index in [4.69, 9.17) is 10.5 Å². The van der Waals surface area contributed by atoms with Crippen LogP contribution in [0.4, 0.5) is 8.78 Å². The molecule has 0 saturated heterocycles. The van der Waals surface area contributed by atoms with Gasteiger partial charge in [0.15, 0.2) is 0 Å². The van der Waals surface area contributed by atoms with Crippen molar-refractivity contribution in [2.24, 2.45) is 5.73 Å². The molecule has 0 radical (unpaired) electrons. The Morgan fingerprint density at radius 2 is 1.75 bits per heavy atom. The van der Waals surface area contributed by atoms with Gasteiger partial charge in [0, 0.05) is 12.1 Å². The zero-order valence-electron chi connectivity index (χ0n) is 11.3. The summed E-state index contributed by atoms with van der Waals surface area (Å²) in [5, 5.41) is 0. The summed E-state index contributed by atoms with van der Waals surface area (Å²) in [6, 6.07) is 10.9. The topological polar surface area (TPSA) is 35.2 Å². The fourth-order valence-electron chi connectivity index (χ4n) is 2.02. The first-order valence-corrected chi connectivity index (χ1v) is 6.46. The Balaban J connectivity index is 2.10. The second-order valence-electron chi connectivity index (χ2n) is 4.86. The molecule has 0 aliphatic carbocycles. The van der Waals surface area contributed by atoms with E-state index in [-0.39, 0.29) is 12.6 Å². The van der Waals surface area contributed by atoms with Crippen molar-refractivity contribution in [1.29, 1.82) is 0 Å². The van der Waals surface area contributed by atoms with Crippen LogP contribution in [0.25, 0.3) is 0 Å². The predicted octanol–water partition coefficient (Wildman–Crippen LogP) is 3.43. The third kappa shape index (κ3) is 4.03. The van der Waals surface area contributed by atoms with Crippen LogP contribution in [0.1, 0.15) is 18.1 Å². The van der Waals surface area contributed by atoms with E-state index in [2.05, 4.69) is 0 Å². The van der Waals surface area contributed by atoms with E-state index >= 15 is 0 Å². The third-order valence-electron chi connectivity index (χ3n) is 2.83. The highest BCUT2D eigenvalue weighted by Crippen LogP contribution is 2.21. The Labute approximate surface area is 117 Å². The molecule has 0 saturated carbocycles. The van der Waals surface area contributed by atoms with Crippen molar-refractivity contribution in [3.05, 3.63) is 65.2 Å². The summed E-state index contributed by atoms with van der Waals surface area (Å²) in [5.41, 5.74) is 7.23. The first-order valence-electron chi connectivity index (χ1n) is 6.46. The third-order valence-corrected chi connectivity index (χ3v) is 2.83. The van der Waals surface area contributed by atoms with E-state index in [0.29, 0.717) is 17.7 Å². The van der Waals surface area contributed by atoms with Crippen LogP contribution in [0.3, 0.4) is 0 Å². The van der Waals surface area contributed by atoms with Crippen LogP contribution in [0.15, 0.2) is 42.5 Å². The van der Waals surface area contributed by atoms with Crippen molar-refractivity contribution in [2.75, 3.05) is 0 Å². The number of nitrogens with two attached hydrogens (primary N) is 1. The van der Waals surface area contributed by atoms with E-state index < -0.39 is 11.6 Å². The molecule has 0 amide bonds. The van der Waals surface area contributed by atoms with Gasteiger partial charge in [-0.15, -0.1) is 0 Å². The minimum absolute atomic E-state index is 0.0198. The average Bonchev–Trinajstić information content (AvgIpc) is 2.36. The SMILES string of the molecule is CC(N)Cc1ccccc1OCc1cc(F)cc(F)c1. The molecule has 4 heteroatoms. The molecule has 106 valence electrons. The Morgan fingerprint density at radius 1 is 1.10 bits per heavy atom. The van der Waals surface area contributed by atoms with Crippen LogP contribution in [0.5, 0.6) is 5.75 Å². The summed E-state index contributed by atoms with van der Waals surface area (Å²) in [4.78, 5) is 0. The predicted molar refractivity (Wildman–Crippen MR) is 74.5 cm³/mol. The lowest BCUT2D eigenvalue weighted by molar-refractivity contribution is 0.301. The van der Waals surface area contributed by atoms with Gasteiger partial charge in [0.1, 0.15) is 24.0 Å². The van der Waals surface area contributed by atoms with Crippen LogP contribution < -0.4 is 10.5 Å². The highest BCUT2D eigenvalue weighted by Gasteiger charge is 2.07. The number of rotatable bonds is 5. The number of hydrogen-bond acceptors (Lipinski definition) is 2. The van der Waals surface area contributed by atoms with Gasteiger partial charge in [-0.2, -0.15) is 0 Å². The maximum atomic E-state index is 13.1. The fraction of sp³-hybridized carbons (Fsp3) is 0.250. The van der Waals surface area contributed by atoms with Crippen LogP contribution in [0.2, 0.25) is 0 Å². The molecular weight excluding hydrogens is 260 g/mol. The lowest BCUT2D eigenvalue weighted by Crippen LogP contribution is -2.18. The van der Waals surface area contributed by atoms with Crippen molar-refractivity contribution < 1.29 is 13.5 Å². The van der Waals surface area contributed by atoms with Crippen LogP contribution in [0, 0.1) is 11.6 Å². The maximum absolute atomic E-state index is 13.1. The van der Waals surface area contributed by atoms with Gasteiger partial charge in [0.2, 0.25) is 0 Å². The summed E-state index contributed by atoms with van der Waals surface area (Å²) in [5.74, 6) is -0.519. The van der Waals surface area contributed by atoms with Crippen molar-refractivity contribution in [1.82, 2.24) is 0 Å². The molecule has 2 aromatic rings. The molecule has 2 N–H and O–H groups in total. The first kappa shape index (κ1) is 14.5. The Hall–Kier alpha value is -1.94. The Bertz CT molecular complexity index is 564. The molecule has 0 aromatic heterocycles. The molecule has 2 aromatic carbocycles. The molecule has 2 rings (SSSR count). The monoisotopic (exact) mass is 277 g/mol. The first-order chi connectivity index (χ1) is 9.54. The molecule has 2 nitrogen and oxygen atoms in total. The Kier molecular flexibility index (Phi) is 4.69. The van der Waals surface area contributed by atoms with E-state index in [1.165, 1.54) is 12.1 Å². The largest absolute Gasteiger partial charge is 0.489 e. The second-order valence-corrected chi connectivity index (χ2v) is 4.86. The van der Waals surface area contributed by atoms with Crippen LogP contribution in [-0.4, -0.2) is 6.04 Å². The summed E-state index contributed by atoms with van der Waals surface area (Å²) in [6.07, 6.45) is 0.688. The highest BCUT2D eigenvalue weighted by molar-refractivity contribution is 5.34. The van der Waals surface area contributed by atoms with Crippen molar-refractivity contribution in [2.45, 2.75) is 26.0 Å². The molecule has 0 heterocycles. The summed E-state index contributed by atoms with van der Waals surface area (Å²) in [6.45, 7) is 2.03. The molecule has 0 bridgehead atoms. The molecule has 0 fully saturated rings. The fourth-order valence-corrected chi connectivity index (χ4v) is 2.02. The van der Waals surface area contributed by atoms with Gasteiger partial charge in [-0.05, 0) is 42.7 Å². The lowest BCUT2D eigenvalue weighted by atomic mass is 10.1. The molecule has 1 unspecified atom stereocenters. The Morgan fingerprint density at radius 3 is 2.40 bits per heavy atom. The maximum Gasteiger partial charge on any atom is 0.126 e. The van der Waals surface area contributed by atoms with Crippen LogP contribution in [-0.2, 0) is 13.0 Å². The summed E-state index contributed by atoms with van der Waals surface area (Å²) < 4.78 is 31.8. The number of para-hydroxylation sites is 1. The minimum Gasteiger partial charge on any atom is -0.489 e. The van der Waals surface area contributed by atoms with Gasteiger partial charge in [0.25, 0.3) is 0 Å². The minimum atomic E-state index is -0.604. The number of halogens is 2. The smallest absolute Gasteiger partial charge is 0.126 e. The molecule has 0 aliphatic rings. The number of ether oxygens (including phenoxy) is 1. The van der Waals surface area contributed by atoms with Gasteiger partial charge in [0.05, 0.1) is 0 Å². The number of hydrogen-bond donors (Lipinski definition) is 1. The average molecular weight is 277 g/mol. The lowest BCUT2D eigenvalue weighted by Gasteiger charge is -2.13. The molecule has 0 spiro atoms. The quantitative estimate of drug-likeness (QED) is 0.908. The molecular formula is C16H17F2NO. The summed E-state index contributed by atoms with van der Waals surface area (Å²) in [7, 11) is 0. The van der Waals surface area contributed by atoms with Gasteiger partial charge in [-0.25, -0.2) is 8.78 Å². The van der Waals surface area contributed by atoms with E-state index in [0.717, 1.165) is 11.6 Å². The standard InChI is InChI=1S/C16H17F2NO/c1-11(19)6-13-4-2-3-5-16(13)20-10-12-7-14(17)9-15(18)8-12/h2-5,7-9,11H,6,10,19H2,1H3.